The molecule has 2 rings (SSSR count). The van der Waals surface area contributed by atoms with Crippen LogP contribution in [0.5, 0.6) is 0 Å². The maximum Gasteiger partial charge on any atom is 0.166 e. The van der Waals surface area contributed by atoms with Gasteiger partial charge in [-0.15, -0.1) is 23.2 Å². The first-order chi connectivity index (χ1) is 6.73. The molecule has 0 aromatic rings. The van der Waals surface area contributed by atoms with E-state index in [1.165, 1.54) is 0 Å². The molecule has 2 aliphatic carbocycles. The second-order valence-corrected chi connectivity index (χ2v) is 7.12. The Kier molecular flexibility index (Phi) is 2.98. The Bertz CT molecular complexity index is 353. The lowest BCUT2D eigenvalue weighted by atomic mass is 9.93. The second kappa shape index (κ2) is 3.47. The number of allylic oxidation sites excluding steroid dienone is 2. The van der Waals surface area contributed by atoms with Crippen LogP contribution >= 0.6 is 69.6 Å². The molecule has 0 radical (unpaired) electrons. The highest BCUT2D eigenvalue weighted by atomic mass is 35.5. The molecule has 2 bridgehead atoms. The van der Waals surface area contributed by atoms with Gasteiger partial charge in [0.25, 0.3) is 0 Å². The standard InChI is InChI=1S/C8H6Cl6O/c9-4-5(10)7(12)3(2-15)1-6(4,11)8(7,13)14/h3,15H,1-2H2/t3-,6-,7+/m0/s1. The first-order valence-corrected chi connectivity index (χ1v) is 6.43. The van der Waals surface area contributed by atoms with E-state index in [1.807, 2.05) is 0 Å². The van der Waals surface area contributed by atoms with E-state index in [1.54, 1.807) is 0 Å². The van der Waals surface area contributed by atoms with Crippen LogP contribution in [-0.2, 0) is 0 Å². The predicted molar refractivity (Wildman–Crippen MR) is 65.5 cm³/mol. The average molecular weight is 331 g/mol. The van der Waals surface area contributed by atoms with Crippen molar-refractivity contribution in [3.05, 3.63) is 10.1 Å². The fourth-order valence-corrected chi connectivity index (χ4v) is 5.06. The minimum absolute atomic E-state index is 0.135. The maximum absolute atomic E-state index is 9.22. The Labute approximate surface area is 117 Å². The lowest BCUT2D eigenvalue weighted by Gasteiger charge is -2.33. The normalized spacial score (nSPS) is 47.8. The summed E-state index contributed by atoms with van der Waals surface area (Å²) in [7, 11) is 0. The van der Waals surface area contributed by atoms with E-state index < -0.39 is 20.0 Å². The van der Waals surface area contributed by atoms with Crippen molar-refractivity contribution in [1.29, 1.82) is 0 Å². The Balaban J connectivity index is 2.65. The van der Waals surface area contributed by atoms with Gasteiger partial charge in [-0.05, 0) is 6.42 Å². The molecule has 1 N–H and O–H groups in total. The summed E-state index contributed by atoms with van der Waals surface area (Å²) in [6.07, 6.45) is 0.302. The number of halogens is 6. The van der Waals surface area contributed by atoms with Crippen LogP contribution in [-0.4, -0.2) is 25.8 Å². The van der Waals surface area contributed by atoms with E-state index in [2.05, 4.69) is 0 Å². The second-order valence-electron chi connectivity index (χ2n) is 3.80. The van der Waals surface area contributed by atoms with Gasteiger partial charge in [0, 0.05) is 12.5 Å². The molecule has 0 saturated heterocycles. The third-order valence-corrected chi connectivity index (χ3v) is 7.45. The lowest BCUT2D eigenvalue weighted by Crippen LogP contribution is -2.44. The highest BCUT2D eigenvalue weighted by Crippen LogP contribution is 2.74. The molecule has 0 heterocycles. The van der Waals surface area contributed by atoms with Gasteiger partial charge < -0.3 is 5.11 Å². The van der Waals surface area contributed by atoms with Crippen LogP contribution < -0.4 is 0 Å². The van der Waals surface area contributed by atoms with Crippen LogP contribution in [0.2, 0.25) is 0 Å². The Morgan fingerprint density at radius 1 is 1.13 bits per heavy atom. The van der Waals surface area contributed by atoms with Gasteiger partial charge >= 0.3 is 0 Å². The first kappa shape index (κ1) is 12.9. The van der Waals surface area contributed by atoms with Gasteiger partial charge in [0.15, 0.2) is 4.33 Å². The molecule has 1 fully saturated rings. The number of fused-ring (bicyclic) bond motifs is 2. The van der Waals surface area contributed by atoms with Gasteiger partial charge in [0.1, 0.15) is 9.75 Å². The summed E-state index contributed by atoms with van der Waals surface area (Å²) in [5, 5.41) is 9.53. The number of aliphatic hydroxyl groups excluding tert-OH is 1. The van der Waals surface area contributed by atoms with Gasteiger partial charge in [-0.25, -0.2) is 0 Å². The van der Waals surface area contributed by atoms with Gasteiger partial charge in [-0.1, -0.05) is 46.4 Å². The molecule has 0 amide bonds. The van der Waals surface area contributed by atoms with E-state index in [-0.39, 0.29) is 16.7 Å². The maximum atomic E-state index is 9.22. The summed E-state index contributed by atoms with van der Waals surface area (Å²) in [6.45, 7) is -0.195. The fraction of sp³-hybridized carbons (Fsp3) is 0.750. The zero-order chi connectivity index (χ0) is 11.6. The largest absolute Gasteiger partial charge is 0.396 e. The zero-order valence-electron chi connectivity index (χ0n) is 7.21. The van der Waals surface area contributed by atoms with Crippen LogP contribution in [0, 0.1) is 5.92 Å². The molecule has 0 aliphatic heterocycles. The SMILES string of the molecule is OC[C@@H]1C[C@]2(Cl)C(Cl)=C(Cl)[C@@]1(Cl)C2(Cl)Cl. The average Bonchev–Trinajstić information content (AvgIpc) is 2.39. The molecule has 0 aromatic heterocycles. The summed E-state index contributed by atoms with van der Waals surface area (Å²) in [6, 6.07) is 0. The fourth-order valence-electron chi connectivity index (χ4n) is 2.22. The minimum atomic E-state index is -1.51. The van der Waals surface area contributed by atoms with E-state index in [9.17, 15) is 5.11 Å². The number of hydrogen-bond donors (Lipinski definition) is 1. The van der Waals surface area contributed by atoms with E-state index >= 15 is 0 Å². The van der Waals surface area contributed by atoms with Crippen molar-refractivity contribution >= 4 is 69.6 Å². The van der Waals surface area contributed by atoms with E-state index in [4.69, 9.17) is 69.6 Å². The van der Waals surface area contributed by atoms with Crippen molar-refractivity contribution < 1.29 is 5.11 Å². The number of hydrogen-bond acceptors (Lipinski definition) is 1. The molecule has 1 saturated carbocycles. The van der Waals surface area contributed by atoms with Crippen LogP contribution in [0.4, 0.5) is 0 Å². The molecule has 86 valence electrons. The summed E-state index contributed by atoms with van der Waals surface area (Å²) in [5.41, 5.74) is 0. The highest BCUT2D eigenvalue weighted by molar-refractivity contribution is 6.65. The zero-order valence-corrected chi connectivity index (χ0v) is 11.7. The molecule has 0 spiro atoms. The van der Waals surface area contributed by atoms with Gasteiger partial charge in [0.05, 0.1) is 10.1 Å². The molecule has 3 atom stereocenters. The van der Waals surface area contributed by atoms with Crippen molar-refractivity contribution in [3.8, 4) is 0 Å². The molecule has 15 heavy (non-hydrogen) atoms. The minimum Gasteiger partial charge on any atom is -0.396 e. The smallest absolute Gasteiger partial charge is 0.166 e. The molecule has 0 unspecified atom stereocenters. The predicted octanol–water partition coefficient (Wildman–Crippen LogP) is 3.83. The molecule has 2 aliphatic rings. The topological polar surface area (TPSA) is 20.2 Å². The van der Waals surface area contributed by atoms with Gasteiger partial charge in [-0.3, -0.25) is 0 Å². The van der Waals surface area contributed by atoms with Gasteiger partial charge in [0.2, 0.25) is 0 Å². The third-order valence-electron chi connectivity index (χ3n) is 3.13. The van der Waals surface area contributed by atoms with Crippen LogP contribution in [0.15, 0.2) is 10.1 Å². The van der Waals surface area contributed by atoms with Crippen molar-refractivity contribution in [2.75, 3.05) is 6.61 Å². The molecular formula is C8H6Cl6O. The number of alkyl halides is 4. The summed E-state index contributed by atoms with van der Waals surface area (Å²) >= 11 is 36.9. The van der Waals surface area contributed by atoms with Crippen molar-refractivity contribution in [2.45, 2.75) is 20.5 Å². The number of aliphatic hydroxyl groups is 1. The van der Waals surface area contributed by atoms with Crippen molar-refractivity contribution in [1.82, 2.24) is 0 Å². The summed E-state index contributed by atoms with van der Waals surface area (Å²) in [5.74, 6) is -0.401. The first-order valence-electron chi connectivity index (χ1n) is 4.16. The highest BCUT2D eigenvalue weighted by Gasteiger charge is 2.78. The lowest BCUT2D eigenvalue weighted by molar-refractivity contribution is 0.212. The molecule has 0 aromatic carbocycles. The van der Waals surface area contributed by atoms with E-state index in [0.29, 0.717) is 6.42 Å². The monoisotopic (exact) mass is 328 g/mol. The van der Waals surface area contributed by atoms with Crippen LogP contribution in [0.3, 0.4) is 0 Å². The number of rotatable bonds is 1. The molecule has 7 heteroatoms. The van der Waals surface area contributed by atoms with E-state index in [0.717, 1.165) is 0 Å². The Morgan fingerprint density at radius 3 is 2.00 bits per heavy atom. The summed E-state index contributed by atoms with van der Waals surface area (Å²) < 4.78 is -1.51. The summed E-state index contributed by atoms with van der Waals surface area (Å²) in [4.78, 5) is -2.50. The van der Waals surface area contributed by atoms with Gasteiger partial charge in [-0.2, -0.15) is 0 Å². The van der Waals surface area contributed by atoms with Crippen molar-refractivity contribution in [2.24, 2.45) is 5.92 Å². The molecule has 1 nitrogen and oxygen atoms in total. The Hall–Kier alpha value is 1.44. The molecular weight excluding hydrogens is 325 g/mol. The quantitative estimate of drug-likeness (QED) is 0.724. The van der Waals surface area contributed by atoms with Crippen LogP contribution in [0.1, 0.15) is 6.42 Å². The van der Waals surface area contributed by atoms with Crippen molar-refractivity contribution in [3.63, 3.8) is 0 Å². The Morgan fingerprint density at radius 2 is 1.67 bits per heavy atom. The van der Waals surface area contributed by atoms with Crippen LogP contribution in [0.25, 0.3) is 0 Å². The third kappa shape index (κ3) is 1.19.